The van der Waals surface area contributed by atoms with Gasteiger partial charge in [-0.05, 0) is 73.4 Å². The molecular formula is C29H34Cl2N2O5S. The van der Waals surface area contributed by atoms with Crippen LogP contribution in [-0.4, -0.2) is 59.5 Å². The van der Waals surface area contributed by atoms with Gasteiger partial charge in [0.1, 0.15) is 0 Å². The van der Waals surface area contributed by atoms with Crippen molar-refractivity contribution in [2.75, 3.05) is 13.6 Å². The number of halogens is 2. The highest BCUT2D eigenvalue weighted by molar-refractivity contribution is 7.90. The van der Waals surface area contributed by atoms with Crippen molar-refractivity contribution in [2.45, 2.75) is 68.7 Å². The van der Waals surface area contributed by atoms with Crippen LogP contribution in [0.5, 0.6) is 0 Å². The average Bonchev–Trinajstić information content (AvgIpc) is 3.77. The van der Waals surface area contributed by atoms with E-state index in [2.05, 4.69) is 0 Å². The topological polar surface area (TPSA) is 95.0 Å². The molecule has 5 rings (SSSR count). The minimum Gasteiger partial charge on any atom is -0.481 e. The molecule has 1 amide bonds. The number of rotatable bonds is 10. The SMILES string of the molecule is CN(C[C@@H](C1CC1)N1C(=O)[C@](C)(CC(=O)O)C[C@H](c2cccc(Cl)c2)[C@H]1c1ccc(Cl)cc1)S(=O)(=O)C1CC1. The number of sulfonamides is 1. The summed E-state index contributed by atoms with van der Waals surface area (Å²) in [5.41, 5.74) is 0.599. The molecule has 2 aliphatic carbocycles. The molecule has 1 heterocycles. The summed E-state index contributed by atoms with van der Waals surface area (Å²) in [4.78, 5) is 28.3. The highest BCUT2D eigenvalue weighted by Crippen LogP contribution is 2.54. The molecule has 4 atom stereocenters. The fourth-order valence-corrected chi connectivity index (χ4v) is 8.10. The van der Waals surface area contributed by atoms with Crippen LogP contribution < -0.4 is 0 Å². The Morgan fingerprint density at radius 1 is 1.08 bits per heavy atom. The van der Waals surface area contributed by atoms with Crippen molar-refractivity contribution in [1.29, 1.82) is 0 Å². The summed E-state index contributed by atoms with van der Waals surface area (Å²) in [7, 11) is -1.87. The van der Waals surface area contributed by atoms with E-state index in [1.807, 2.05) is 35.2 Å². The number of carbonyl (C=O) groups excluding carboxylic acids is 1. The number of hydrogen-bond donors (Lipinski definition) is 1. The lowest BCUT2D eigenvalue weighted by Gasteiger charge is -2.52. The summed E-state index contributed by atoms with van der Waals surface area (Å²) in [6.07, 6.45) is 3.08. The van der Waals surface area contributed by atoms with Crippen LogP contribution in [0.3, 0.4) is 0 Å². The monoisotopic (exact) mass is 592 g/mol. The van der Waals surface area contributed by atoms with Crippen LogP contribution in [0.25, 0.3) is 0 Å². The van der Waals surface area contributed by atoms with E-state index in [4.69, 9.17) is 23.2 Å². The summed E-state index contributed by atoms with van der Waals surface area (Å²) < 4.78 is 27.7. The molecule has 2 aromatic carbocycles. The lowest BCUT2D eigenvalue weighted by molar-refractivity contribution is -0.161. The Kier molecular flexibility index (Phi) is 7.79. The summed E-state index contributed by atoms with van der Waals surface area (Å²) in [6, 6.07) is 14.0. The number of carbonyl (C=O) groups is 2. The summed E-state index contributed by atoms with van der Waals surface area (Å²) in [5, 5.41) is 10.6. The van der Waals surface area contributed by atoms with Gasteiger partial charge in [0.15, 0.2) is 0 Å². The van der Waals surface area contributed by atoms with Crippen molar-refractivity contribution in [3.05, 3.63) is 69.7 Å². The molecule has 0 bridgehead atoms. The van der Waals surface area contributed by atoms with E-state index >= 15 is 0 Å². The first-order valence-corrected chi connectivity index (χ1v) is 15.7. The van der Waals surface area contributed by atoms with E-state index in [0.29, 0.717) is 29.3 Å². The molecular weight excluding hydrogens is 559 g/mol. The van der Waals surface area contributed by atoms with Gasteiger partial charge in [-0.25, -0.2) is 12.7 Å². The van der Waals surface area contributed by atoms with E-state index < -0.39 is 33.5 Å². The third-order valence-electron chi connectivity index (χ3n) is 8.48. The van der Waals surface area contributed by atoms with Gasteiger partial charge in [0.25, 0.3) is 0 Å². The smallest absolute Gasteiger partial charge is 0.304 e. The first kappa shape index (κ1) is 28.4. The highest BCUT2D eigenvalue weighted by Gasteiger charge is 2.55. The Hall–Kier alpha value is -2.13. The Balaban J connectivity index is 1.65. The van der Waals surface area contributed by atoms with Gasteiger partial charge in [-0.3, -0.25) is 9.59 Å². The van der Waals surface area contributed by atoms with E-state index in [9.17, 15) is 23.1 Å². The number of likely N-dealkylation sites (tertiary alicyclic amines) is 1. The summed E-state index contributed by atoms with van der Waals surface area (Å²) >= 11 is 12.6. The standard InChI is InChI=1S/C29H34Cl2N2O5S/c1-29(16-26(34)35)15-24(20-4-3-5-22(31)14-20)27(19-8-10-21(30)11-9-19)33(28(29)36)25(18-6-7-18)17-32(2)39(37,38)23-12-13-23/h3-5,8-11,14,18,23-25,27H,6-7,12-13,15-17H2,1-2H3,(H,34,35)/t24-,25+,27-,29+/m1/s1. The molecule has 1 aliphatic heterocycles. The molecule has 2 saturated carbocycles. The van der Waals surface area contributed by atoms with E-state index in [0.717, 1.165) is 24.0 Å². The normalized spacial score (nSPS) is 26.6. The minimum atomic E-state index is -3.46. The molecule has 1 saturated heterocycles. The molecule has 7 nitrogen and oxygen atoms in total. The highest BCUT2D eigenvalue weighted by atomic mass is 35.5. The zero-order valence-corrected chi connectivity index (χ0v) is 24.4. The second kappa shape index (κ2) is 10.7. The van der Waals surface area contributed by atoms with Crippen molar-refractivity contribution < 1.29 is 23.1 Å². The second-order valence-corrected chi connectivity index (χ2v) is 14.8. The van der Waals surface area contributed by atoms with Gasteiger partial charge in [-0.15, -0.1) is 0 Å². The molecule has 2 aromatic rings. The van der Waals surface area contributed by atoms with Crippen molar-refractivity contribution in [3.63, 3.8) is 0 Å². The van der Waals surface area contributed by atoms with Crippen LogP contribution in [0.1, 0.15) is 68.5 Å². The fraction of sp³-hybridized carbons (Fsp3) is 0.517. The molecule has 10 heteroatoms. The predicted molar refractivity (Wildman–Crippen MR) is 151 cm³/mol. The van der Waals surface area contributed by atoms with E-state index in [1.54, 1.807) is 32.2 Å². The van der Waals surface area contributed by atoms with Crippen LogP contribution in [0.4, 0.5) is 0 Å². The van der Waals surface area contributed by atoms with Crippen LogP contribution >= 0.6 is 23.2 Å². The third-order valence-corrected chi connectivity index (χ3v) is 11.3. The summed E-state index contributed by atoms with van der Waals surface area (Å²) in [6.45, 7) is 1.89. The minimum absolute atomic E-state index is 0.132. The zero-order chi connectivity index (χ0) is 28.1. The van der Waals surface area contributed by atoms with Crippen LogP contribution in [0, 0.1) is 11.3 Å². The number of amides is 1. The first-order valence-electron chi connectivity index (χ1n) is 13.4. The third kappa shape index (κ3) is 5.85. The zero-order valence-electron chi connectivity index (χ0n) is 22.1. The molecule has 0 radical (unpaired) electrons. The van der Waals surface area contributed by atoms with Gasteiger partial charge in [0.2, 0.25) is 15.9 Å². The molecule has 1 N–H and O–H groups in total. The van der Waals surface area contributed by atoms with Crippen molar-refractivity contribution in [2.24, 2.45) is 11.3 Å². The van der Waals surface area contributed by atoms with Gasteiger partial charge in [0.05, 0.1) is 23.1 Å². The number of hydrogen-bond acceptors (Lipinski definition) is 4. The molecule has 210 valence electrons. The fourth-order valence-electron chi connectivity index (χ4n) is 6.18. The number of carboxylic acids is 1. The van der Waals surface area contributed by atoms with E-state index in [1.165, 1.54) is 4.31 Å². The first-order chi connectivity index (χ1) is 18.4. The number of benzene rings is 2. The average molecular weight is 594 g/mol. The van der Waals surface area contributed by atoms with Gasteiger partial charge >= 0.3 is 5.97 Å². The van der Waals surface area contributed by atoms with Crippen molar-refractivity contribution >= 4 is 45.1 Å². The number of aliphatic carboxylic acids is 1. The molecule has 0 aromatic heterocycles. The molecule has 3 aliphatic rings. The van der Waals surface area contributed by atoms with Gasteiger partial charge in [-0.1, -0.05) is 54.4 Å². The Morgan fingerprint density at radius 2 is 1.74 bits per heavy atom. The largest absolute Gasteiger partial charge is 0.481 e. The van der Waals surface area contributed by atoms with E-state index in [-0.39, 0.29) is 36.0 Å². The quantitative estimate of drug-likeness (QED) is 0.380. The summed E-state index contributed by atoms with van der Waals surface area (Å²) in [5.74, 6) is -1.43. The van der Waals surface area contributed by atoms with Crippen LogP contribution in [-0.2, 0) is 19.6 Å². The van der Waals surface area contributed by atoms with Crippen molar-refractivity contribution in [3.8, 4) is 0 Å². The Labute approximate surface area is 240 Å². The van der Waals surface area contributed by atoms with Gasteiger partial charge < -0.3 is 10.0 Å². The maximum Gasteiger partial charge on any atom is 0.304 e. The van der Waals surface area contributed by atoms with Crippen molar-refractivity contribution in [1.82, 2.24) is 9.21 Å². The van der Waals surface area contributed by atoms with Gasteiger partial charge in [0, 0.05) is 35.6 Å². The number of likely N-dealkylation sites (N-methyl/N-ethyl adjacent to an activating group) is 1. The van der Waals surface area contributed by atoms with Crippen LogP contribution in [0.15, 0.2) is 48.5 Å². The lowest BCUT2D eigenvalue weighted by atomic mass is 9.67. The Bertz CT molecular complexity index is 1360. The maximum absolute atomic E-state index is 14.5. The predicted octanol–water partition coefficient (Wildman–Crippen LogP) is 5.73. The molecule has 3 fully saturated rings. The lowest BCUT2D eigenvalue weighted by Crippen LogP contribution is -2.59. The number of nitrogens with zero attached hydrogens (tertiary/aromatic N) is 2. The Morgan fingerprint density at radius 3 is 2.31 bits per heavy atom. The molecule has 0 spiro atoms. The van der Waals surface area contributed by atoms with Crippen LogP contribution in [0.2, 0.25) is 10.0 Å². The molecule has 39 heavy (non-hydrogen) atoms. The number of carboxylic acid groups (broad SMARTS) is 1. The second-order valence-electron chi connectivity index (χ2n) is 11.6. The van der Waals surface area contributed by atoms with Gasteiger partial charge in [-0.2, -0.15) is 0 Å². The maximum atomic E-state index is 14.5. The molecule has 0 unspecified atom stereocenters. The number of piperidine rings is 1.